The summed E-state index contributed by atoms with van der Waals surface area (Å²) in [6, 6.07) is 9.75. The van der Waals surface area contributed by atoms with Gasteiger partial charge in [-0.1, -0.05) is 12.1 Å². The first-order chi connectivity index (χ1) is 13.6. The van der Waals surface area contributed by atoms with Crippen LogP contribution in [-0.4, -0.2) is 40.2 Å². The standard InChI is InChI=1S/C22H27N3O3/c1-15-5-2-7-18-21(15)16(14-24-18)9-10-23-22(27)25-11-3-6-17(25)13-19(26)20-8-4-12-28-20/h2,4-5,7-8,12,14,17,19,24,26H,3,6,9-11,13H2,1H3,(H,23,27). The normalized spacial score (nSPS) is 17.9. The van der Waals surface area contributed by atoms with Crippen molar-refractivity contribution in [3.8, 4) is 0 Å². The van der Waals surface area contributed by atoms with E-state index >= 15 is 0 Å². The second-order valence-corrected chi connectivity index (χ2v) is 7.55. The molecule has 0 radical (unpaired) electrons. The third kappa shape index (κ3) is 3.78. The van der Waals surface area contributed by atoms with Crippen LogP contribution in [0.2, 0.25) is 0 Å². The fraction of sp³-hybridized carbons (Fsp3) is 0.409. The summed E-state index contributed by atoms with van der Waals surface area (Å²) in [5.74, 6) is 0.557. The number of carbonyl (C=O) groups excluding carboxylic acids is 1. The number of furan rings is 1. The van der Waals surface area contributed by atoms with Crippen LogP contribution in [0.5, 0.6) is 0 Å². The molecule has 3 heterocycles. The van der Waals surface area contributed by atoms with Crippen molar-refractivity contribution >= 4 is 16.9 Å². The average molecular weight is 381 g/mol. The lowest BCUT2D eigenvalue weighted by Crippen LogP contribution is -2.43. The number of nitrogens with zero attached hydrogens (tertiary/aromatic N) is 1. The number of aryl methyl sites for hydroxylation is 1. The van der Waals surface area contributed by atoms with Gasteiger partial charge in [-0.15, -0.1) is 0 Å². The molecule has 3 aromatic rings. The molecule has 6 nitrogen and oxygen atoms in total. The summed E-state index contributed by atoms with van der Waals surface area (Å²) in [4.78, 5) is 17.8. The molecule has 1 fully saturated rings. The van der Waals surface area contributed by atoms with E-state index < -0.39 is 6.10 Å². The van der Waals surface area contributed by atoms with Gasteiger partial charge in [0.2, 0.25) is 0 Å². The predicted octanol–water partition coefficient (Wildman–Crippen LogP) is 3.91. The van der Waals surface area contributed by atoms with Gasteiger partial charge < -0.3 is 24.7 Å². The number of carbonyl (C=O) groups is 1. The van der Waals surface area contributed by atoms with Crippen LogP contribution in [0.15, 0.2) is 47.2 Å². The second-order valence-electron chi connectivity index (χ2n) is 7.55. The van der Waals surface area contributed by atoms with Crippen LogP contribution >= 0.6 is 0 Å². The number of rotatable bonds is 6. The maximum absolute atomic E-state index is 12.7. The van der Waals surface area contributed by atoms with E-state index in [1.54, 1.807) is 18.4 Å². The number of aliphatic hydroxyl groups is 1. The zero-order chi connectivity index (χ0) is 19.5. The number of H-pyrrole nitrogens is 1. The van der Waals surface area contributed by atoms with Crippen LogP contribution in [0.1, 0.15) is 42.3 Å². The Bertz CT molecular complexity index is 932. The van der Waals surface area contributed by atoms with E-state index in [1.165, 1.54) is 16.5 Å². The summed E-state index contributed by atoms with van der Waals surface area (Å²) < 4.78 is 5.28. The Hall–Kier alpha value is -2.73. The van der Waals surface area contributed by atoms with Crippen LogP contribution in [0.3, 0.4) is 0 Å². The van der Waals surface area contributed by atoms with E-state index in [0.29, 0.717) is 18.7 Å². The number of amides is 2. The molecule has 0 aliphatic carbocycles. The molecule has 1 aromatic carbocycles. The van der Waals surface area contributed by atoms with Gasteiger partial charge in [0, 0.05) is 42.7 Å². The van der Waals surface area contributed by atoms with Gasteiger partial charge in [-0.05, 0) is 55.5 Å². The Kier molecular flexibility index (Phi) is 5.39. The van der Waals surface area contributed by atoms with Crippen LogP contribution in [0.25, 0.3) is 10.9 Å². The summed E-state index contributed by atoms with van der Waals surface area (Å²) in [5, 5.41) is 14.6. The topological polar surface area (TPSA) is 81.5 Å². The summed E-state index contributed by atoms with van der Waals surface area (Å²) >= 11 is 0. The summed E-state index contributed by atoms with van der Waals surface area (Å²) in [5.41, 5.74) is 3.60. The van der Waals surface area contributed by atoms with Crippen LogP contribution in [0.4, 0.5) is 4.79 Å². The van der Waals surface area contributed by atoms with Gasteiger partial charge in [0.25, 0.3) is 0 Å². The molecular weight excluding hydrogens is 354 g/mol. The van der Waals surface area contributed by atoms with E-state index in [4.69, 9.17) is 4.42 Å². The highest BCUT2D eigenvalue weighted by molar-refractivity contribution is 5.86. The van der Waals surface area contributed by atoms with Crippen molar-refractivity contribution in [2.75, 3.05) is 13.1 Å². The SMILES string of the molecule is Cc1cccc2[nH]cc(CCNC(=O)N3CCCC3CC(O)c3ccco3)c12. The lowest BCUT2D eigenvalue weighted by Gasteiger charge is -2.26. The minimum Gasteiger partial charge on any atom is -0.467 e. The van der Waals surface area contributed by atoms with E-state index in [9.17, 15) is 9.90 Å². The number of aromatic amines is 1. The third-order valence-electron chi connectivity index (χ3n) is 5.67. The van der Waals surface area contributed by atoms with Crippen molar-refractivity contribution in [1.29, 1.82) is 0 Å². The molecular formula is C22H27N3O3. The second kappa shape index (κ2) is 8.10. The predicted molar refractivity (Wildman–Crippen MR) is 108 cm³/mol. The smallest absolute Gasteiger partial charge is 0.317 e. The van der Waals surface area contributed by atoms with Gasteiger partial charge in [0.1, 0.15) is 11.9 Å². The van der Waals surface area contributed by atoms with E-state index in [1.807, 2.05) is 17.2 Å². The van der Waals surface area contributed by atoms with Gasteiger partial charge in [-0.2, -0.15) is 0 Å². The number of fused-ring (bicyclic) bond motifs is 1. The van der Waals surface area contributed by atoms with E-state index in [0.717, 1.165) is 31.3 Å². The molecule has 2 atom stereocenters. The molecule has 2 unspecified atom stereocenters. The number of aliphatic hydroxyl groups excluding tert-OH is 1. The number of benzene rings is 1. The van der Waals surface area contributed by atoms with Gasteiger partial charge in [-0.3, -0.25) is 0 Å². The van der Waals surface area contributed by atoms with Crippen LogP contribution in [0, 0.1) is 6.92 Å². The molecule has 2 amide bonds. The van der Waals surface area contributed by atoms with Crippen molar-refractivity contribution in [3.63, 3.8) is 0 Å². The Morgan fingerprint density at radius 3 is 3.11 bits per heavy atom. The van der Waals surface area contributed by atoms with Crippen molar-refractivity contribution in [2.24, 2.45) is 0 Å². The summed E-state index contributed by atoms with van der Waals surface area (Å²) in [7, 11) is 0. The number of hydrogen-bond donors (Lipinski definition) is 3. The maximum Gasteiger partial charge on any atom is 0.317 e. The number of likely N-dealkylation sites (tertiary alicyclic amines) is 1. The largest absolute Gasteiger partial charge is 0.467 e. The zero-order valence-electron chi connectivity index (χ0n) is 16.1. The molecule has 1 aliphatic rings. The first kappa shape index (κ1) is 18.6. The quantitative estimate of drug-likeness (QED) is 0.605. The molecule has 0 bridgehead atoms. The molecule has 2 aromatic heterocycles. The van der Waals surface area contributed by atoms with E-state index in [2.05, 4.69) is 29.4 Å². The molecule has 1 aliphatic heterocycles. The van der Waals surface area contributed by atoms with Crippen molar-refractivity contribution in [2.45, 2.75) is 44.8 Å². The number of aromatic nitrogens is 1. The fourth-order valence-electron chi connectivity index (χ4n) is 4.26. The molecule has 148 valence electrons. The van der Waals surface area contributed by atoms with E-state index in [-0.39, 0.29) is 12.1 Å². The molecule has 3 N–H and O–H groups in total. The number of hydrogen-bond acceptors (Lipinski definition) is 3. The lowest BCUT2D eigenvalue weighted by atomic mass is 10.1. The van der Waals surface area contributed by atoms with Crippen molar-refractivity contribution in [1.82, 2.24) is 15.2 Å². The van der Waals surface area contributed by atoms with Gasteiger partial charge in [0.15, 0.2) is 0 Å². The molecule has 0 spiro atoms. The lowest BCUT2D eigenvalue weighted by molar-refractivity contribution is 0.108. The highest BCUT2D eigenvalue weighted by Gasteiger charge is 2.31. The Labute approximate surface area is 164 Å². The van der Waals surface area contributed by atoms with Gasteiger partial charge >= 0.3 is 6.03 Å². The fourth-order valence-corrected chi connectivity index (χ4v) is 4.26. The minimum absolute atomic E-state index is 0.0374. The van der Waals surface area contributed by atoms with Crippen molar-refractivity contribution in [3.05, 3.63) is 59.7 Å². The first-order valence-corrected chi connectivity index (χ1v) is 9.95. The minimum atomic E-state index is -0.678. The van der Waals surface area contributed by atoms with Crippen molar-refractivity contribution < 1.29 is 14.3 Å². The number of urea groups is 1. The summed E-state index contributed by atoms with van der Waals surface area (Å²) in [6.45, 7) is 3.43. The van der Waals surface area contributed by atoms with Crippen LogP contribution < -0.4 is 5.32 Å². The maximum atomic E-state index is 12.7. The highest BCUT2D eigenvalue weighted by Crippen LogP contribution is 2.27. The Morgan fingerprint density at radius 1 is 1.39 bits per heavy atom. The average Bonchev–Trinajstić information content (AvgIpc) is 3.43. The summed E-state index contributed by atoms with van der Waals surface area (Å²) in [6.07, 6.45) is 6.07. The molecule has 0 saturated carbocycles. The monoisotopic (exact) mass is 381 g/mol. The molecule has 28 heavy (non-hydrogen) atoms. The number of nitrogens with one attached hydrogen (secondary N) is 2. The zero-order valence-corrected chi connectivity index (χ0v) is 16.1. The van der Waals surface area contributed by atoms with Gasteiger partial charge in [0.05, 0.1) is 6.26 Å². The highest BCUT2D eigenvalue weighted by atomic mass is 16.4. The molecule has 6 heteroatoms. The Morgan fingerprint density at radius 2 is 2.29 bits per heavy atom. The van der Waals surface area contributed by atoms with Gasteiger partial charge in [-0.25, -0.2) is 4.79 Å². The molecule has 1 saturated heterocycles. The first-order valence-electron chi connectivity index (χ1n) is 9.95. The third-order valence-corrected chi connectivity index (χ3v) is 5.67. The van der Waals surface area contributed by atoms with Crippen LogP contribution in [-0.2, 0) is 6.42 Å². The molecule has 4 rings (SSSR count). The Balaban J connectivity index is 1.32.